The number of benzene rings is 1. The van der Waals surface area contributed by atoms with E-state index in [9.17, 15) is 0 Å². The molecular formula is C16H20ClN3. The van der Waals surface area contributed by atoms with E-state index in [4.69, 9.17) is 17.3 Å². The summed E-state index contributed by atoms with van der Waals surface area (Å²) >= 11 is 6.40. The summed E-state index contributed by atoms with van der Waals surface area (Å²) in [6.45, 7) is 5.96. The first-order valence-corrected chi connectivity index (χ1v) is 7.44. The standard InChI is InChI=1S/C16H20ClN3/c1-16(10-18)6-8-20(11-16)9-13-14(17)5-4-12-3-2-7-19-15(12)13/h2-5,7H,6,8-11,18H2,1H3. The smallest absolute Gasteiger partial charge is 0.0761 e. The number of fused-ring (bicyclic) bond motifs is 1. The highest BCUT2D eigenvalue weighted by Gasteiger charge is 2.32. The fourth-order valence-corrected chi connectivity index (χ4v) is 3.19. The molecule has 1 fully saturated rings. The van der Waals surface area contributed by atoms with Gasteiger partial charge in [0.25, 0.3) is 0 Å². The van der Waals surface area contributed by atoms with Crippen LogP contribution in [0, 0.1) is 5.41 Å². The molecule has 2 heterocycles. The van der Waals surface area contributed by atoms with Crippen molar-refractivity contribution in [2.45, 2.75) is 19.9 Å². The zero-order valence-electron chi connectivity index (χ0n) is 11.8. The van der Waals surface area contributed by atoms with Crippen LogP contribution in [0.5, 0.6) is 0 Å². The summed E-state index contributed by atoms with van der Waals surface area (Å²) in [5.74, 6) is 0. The minimum absolute atomic E-state index is 0.241. The predicted molar refractivity (Wildman–Crippen MR) is 83.8 cm³/mol. The third-order valence-corrected chi connectivity index (χ3v) is 4.69. The molecule has 20 heavy (non-hydrogen) atoms. The lowest BCUT2D eigenvalue weighted by molar-refractivity contribution is 0.275. The largest absolute Gasteiger partial charge is 0.330 e. The third-order valence-electron chi connectivity index (χ3n) is 4.33. The maximum absolute atomic E-state index is 6.40. The van der Waals surface area contributed by atoms with E-state index in [1.807, 2.05) is 24.4 Å². The van der Waals surface area contributed by atoms with Crippen LogP contribution < -0.4 is 5.73 Å². The normalized spacial score (nSPS) is 23.6. The third kappa shape index (κ3) is 2.53. The Balaban J connectivity index is 1.90. The summed E-state index contributed by atoms with van der Waals surface area (Å²) in [7, 11) is 0. The van der Waals surface area contributed by atoms with Gasteiger partial charge in [0, 0.05) is 35.3 Å². The first-order valence-electron chi connectivity index (χ1n) is 7.06. The minimum Gasteiger partial charge on any atom is -0.330 e. The SMILES string of the molecule is CC1(CN)CCN(Cc2c(Cl)ccc3cccnc23)C1. The van der Waals surface area contributed by atoms with Crippen LogP contribution in [0.3, 0.4) is 0 Å². The molecule has 1 aromatic carbocycles. The summed E-state index contributed by atoms with van der Waals surface area (Å²) < 4.78 is 0. The lowest BCUT2D eigenvalue weighted by Gasteiger charge is -2.23. The molecule has 0 bridgehead atoms. The van der Waals surface area contributed by atoms with Gasteiger partial charge in [-0.05, 0) is 37.1 Å². The second kappa shape index (κ2) is 5.32. The molecule has 0 radical (unpaired) electrons. The van der Waals surface area contributed by atoms with E-state index in [1.165, 1.54) is 0 Å². The van der Waals surface area contributed by atoms with Crippen LogP contribution >= 0.6 is 11.6 Å². The minimum atomic E-state index is 0.241. The van der Waals surface area contributed by atoms with Crippen LogP contribution in [0.4, 0.5) is 0 Å². The maximum atomic E-state index is 6.40. The van der Waals surface area contributed by atoms with Gasteiger partial charge in [0.05, 0.1) is 5.52 Å². The molecule has 1 unspecified atom stereocenters. The second-order valence-corrected chi connectivity index (χ2v) is 6.48. The Kier molecular flexibility index (Phi) is 3.67. The summed E-state index contributed by atoms with van der Waals surface area (Å²) in [4.78, 5) is 6.94. The van der Waals surface area contributed by atoms with Crippen LogP contribution in [-0.2, 0) is 6.54 Å². The number of hydrogen-bond acceptors (Lipinski definition) is 3. The number of rotatable bonds is 3. The molecule has 2 N–H and O–H groups in total. The Morgan fingerprint density at radius 3 is 3.00 bits per heavy atom. The Morgan fingerprint density at radius 1 is 1.40 bits per heavy atom. The van der Waals surface area contributed by atoms with Crippen molar-refractivity contribution in [2.75, 3.05) is 19.6 Å². The first-order chi connectivity index (χ1) is 9.61. The van der Waals surface area contributed by atoms with Crippen LogP contribution in [0.2, 0.25) is 5.02 Å². The molecule has 1 saturated heterocycles. The molecule has 2 aromatic rings. The predicted octanol–water partition coefficient (Wildman–Crippen LogP) is 3.06. The number of pyridine rings is 1. The van der Waals surface area contributed by atoms with Gasteiger partial charge in [-0.25, -0.2) is 0 Å². The number of hydrogen-bond donors (Lipinski definition) is 1. The molecule has 1 atom stereocenters. The Hall–Kier alpha value is -1.16. The molecule has 0 aliphatic carbocycles. The van der Waals surface area contributed by atoms with E-state index in [2.05, 4.69) is 22.9 Å². The van der Waals surface area contributed by atoms with Gasteiger partial charge in [0.1, 0.15) is 0 Å². The first kappa shape index (κ1) is 13.8. The van der Waals surface area contributed by atoms with Crippen LogP contribution in [-0.4, -0.2) is 29.5 Å². The van der Waals surface area contributed by atoms with Crippen molar-refractivity contribution in [1.29, 1.82) is 0 Å². The van der Waals surface area contributed by atoms with E-state index in [0.29, 0.717) is 0 Å². The van der Waals surface area contributed by atoms with Crippen molar-refractivity contribution in [1.82, 2.24) is 9.88 Å². The molecule has 1 aliphatic rings. The molecule has 3 rings (SSSR count). The van der Waals surface area contributed by atoms with E-state index in [-0.39, 0.29) is 5.41 Å². The van der Waals surface area contributed by atoms with Crippen LogP contribution in [0.25, 0.3) is 10.9 Å². The lowest BCUT2D eigenvalue weighted by atomic mass is 9.90. The topological polar surface area (TPSA) is 42.1 Å². The molecule has 4 heteroatoms. The van der Waals surface area contributed by atoms with Crippen molar-refractivity contribution in [2.24, 2.45) is 11.1 Å². The average molecular weight is 290 g/mol. The molecule has 0 saturated carbocycles. The number of halogens is 1. The molecule has 106 valence electrons. The van der Waals surface area contributed by atoms with Gasteiger partial charge in [-0.3, -0.25) is 9.88 Å². The number of nitrogens with two attached hydrogens (primary N) is 1. The van der Waals surface area contributed by atoms with E-state index in [1.54, 1.807) is 0 Å². The Labute approximate surface area is 124 Å². The molecular weight excluding hydrogens is 270 g/mol. The number of likely N-dealkylation sites (tertiary alicyclic amines) is 1. The zero-order valence-corrected chi connectivity index (χ0v) is 12.5. The van der Waals surface area contributed by atoms with Gasteiger partial charge in [-0.1, -0.05) is 30.7 Å². The fraction of sp³-hybridized carbons (Fsp3) is 0.438. The van der Waals surface area contributed by atoms with Crippen molar-refractivity contribution in [3.05, 3.63) is 41.0 Å². The summed E-state index contributed by atoms with van der Waals surface area (Å²) in [5.41, 5.74) is 8.27. The van der Waals surface area contributed by atoms with Gasteiger partial charge in [0.2, 0.25) is 0 Å². The summed E-state index contributed by atoms with van der Waals surface area (Å²) in [6.07, 6.45) is 2.98. The average Bonchev–Trinajstić information content (AvgIpc) is 2.84. The van der Waals surface area contributed by atoms with E-state index in [0.717, 1.165) is 54.1 Å². The Morgan fingerprint density at radius 2 is 2.25 bits per heavy atom. The molecule has 1 aliphatic heterocycles. The zero-order chi connectivity index (χ0) is 14.2. The number of aromatic nitrogens is 1. The van der Waals surface area contributed by atoms with E-state index < -0.39 is 0 Å². The summed E-state index contributed by atoms with van der Waals surface area (Å²) in [6, 6.07) is 8.04. The quantitative estimate of drug-likeness (QED) is 0.944. The van der Waals surface area contributed by atoms with Crippen molar-refractivity contribution >= 4 is 22.5 Å². The van der Waals surface area contributed by atoms with E-state index >= 15 is 0 Å². The summed E-state index contributed by atoms with van der Waals surface area (Å²) in [5, 5.41) is 1.95. The second-order valence-electron chi connectivity index (χ2n) is 6.08. The van der Waals surface area contributed by atoms with Gasteiger partial charge in [0.15, 0.2) is 0 Å². The Bertz CT molecular complexity index is 628. The monoisotopic (exact) mass is 289 g/mol. The highest BCUT2D eigenvalue weighted by atomic mass is 35.5. The molecule has 0 spiro atoms. The van der Waals surface area contributed by atoms with Gasteiger partial charge < -0.3 is 5.73 Å². The fourth-order valence-electron chi connectivity index (χ4n) is 2.98. The number of nitrogens with zero attached hydrogens (tertiary/aromatic N) is 2. The molecule has 3 nitrogen and oxygen atoms in total. The van der Waals surface area contributed by atoms with Crippen molar-refractivity contribution < 1.29 is 0 Å². The molecule has 0 amide bonds. The van der Waals surface area contributed by atoms with Crippen molar-refractivity contribution in [3.63, 3.8) is 0 Å². The molecule has 1 aromatic heterocycles. The van der Waals surface area contributed by atoms with Crippen LogP contribution in [0.15, 0.2) is 30.5 Å². The van der Waals surface area contributed by atoms with Gasteiger partial charge >= 0.3 is 0 Å². The highest BCUT2D eigenvalue weighted by Crippen LogP contribution is 2.32. The maximum Gasteiger partial charge on any atom is 0.0761 e. The van der Waals surface area contributed by atoms with Crippen LogP contribution in [0.1, 0.15) is 18.9 Å². The lowest BCUT2D eigenvalue weighted by Crippen LogP contribution is -2.31. The van der Waals surface area contributed by atoms with Crippen molar-refractivity contribution in [3.8, 4) is 0 Å². The van der Waals surface area contributed by atoms with Gasteiger partial charge in [-0.2, -0.15) is 0 Å². The van der Waals surface area contributed by atoms with Gasteiger partial charge in [-0.15, -0.1) is 0 Å². The highest BCUT2D eigenvalue weighted by molar-refractivity contribution is 6.32.